The van der Waals surface area contributed by atoms with Gasteiger partial charge in [-0.1, -0.05) is 13.8 Å². The highest BCUT2D eigenvalue weighted by Crippen LogP contribution is 2.14. The smallest absolute Gasteiger partial charge is 0.0702 e. The third kappa shape index (κ3) is 7.25. The maximum atomic E-state index is 5.82. The molecule has 114 valence electrons. The highest BCUT2D eigenvalue weighted by atomic mass is 16.5. The number of hydrogen-bond donors (Lipinski definition) is 1. The normalized spacial score (nSPS) is 22.1. The molecule has 1 fully saturated rings. The first-order valence-corrected chi connectivity index (χ1v) is 7.65. The maximum Gasteiger partial charge on any atom is 0.0702 e. The van der Waals surface area contributed by atoms with Crippen molar-refractivity contribution in [2.24, 2.45) is 5.92 Å². The second kappa shape index (κ2) is 9.70. The van der Waals surface area contributed by atoms with Crippen molar-refractivity contribution in [3.05, 3.63) is 0 Å². The Morgan fingerprint density at radius 1 is 1.32 bits per heavy atom. The van der Waals surface area contributed by atoms with Crippen molar-refractivity contribution in [3.8, 4) is 0 Å². The molecule has 0 radical (unpaired) electrons. The van der Waals surface area contributed by atoms with Gasteiger partial charge in [-0.25, -0.2) is 0 Å². The van der Waals surface area contributed by atoms with Gasteiger partial charge < -0.3 is 14.8 Å². The molecule has 0 saturated carbocycles. The van der Waals surface area contributed by atoms with Gasteiger partial charge in [0, 0.05) is 32.8 Å². The Hall–Kier alpha value is -0.160. The summed E-state index contributed by atoms with van der Waals surface area (Å²) in [7, 11) is 3.96. The predicted octanol–water partition coefficient (Wildman–Crippen LogP) is 1.75. The second-order valence-electron chi connectivity index (χ2n) is 6.09. The summed E-state index contributed by atoms with van der Waals surface area (Å²) in [6.45, 7) is 9.23. The molecule has 0 amide bonds. The molecule has 4 heteroatoms. The Bertz CT molecular complexity index is 218. The van der Waals surface area contributed by atoms with E-state index >= 15 is 0 Å². The van der Waals surface area contributed by atoms with Crippen molar-refractivity contribution >= 4 is 0 Å². The quantitative estimate of drug-likeness (QED) is 0.693. The third-order valence-corrected chi connectivity index (χ3v) is 3.68. The molecule has 1 aliphatic heterocycles. The molecule has 0 bridgehead atoms. The van der Waals surface area contributed by atoms with E-state index in [9.17, 15) is 0 Å². The van der Waals surface area contributed by atoms with Gasteiger partial charge in [0.1, 0.15) is 0 Å². The zero-order valence-electron chi connectivity index (χ0n) is 13.2. The first-order chi connectivity index (χ1) is 9.13. The molecule has 19 heavy (non-hydrogen) atoms. The van der Waals surface area contributed by atoms with E-state index in [0.717, 1.165) is 32.8 Å². The van der Waals surface area contributed by atoms with Crippen LogP contribution in [0.15, 0.2) is 0 Å². The van der Waals surface area contributed by atoms with Crippen LogP contribution < -0.4 is 5.32 Å². The Morgan fingerprint density at radius 2 is 2.11 bits per heavy atom. The Kier molecular flexibility index (Phi) is 8.62. The van der Waals surface area contributed by atoms with Gasteiger partial charge in [-0.3, -0.25) is 4.90 Å². The lowest BCUT2D eigenvalue weighted by Gasteiger charge is -2.32. The average molecular weight is 272 g/mol. The van der Waals surface area contributed by atoms with Crippen LogP contribution >= 0.6 is 0 Å². The first-order valence-electron chi connectivity index (χ1n) is 7.65. The Balaban J connectivity index is 2.31. The standard InChI is InChI=1S/C15H32N2O2/c1-13(2)9-16-10-14(12-18-4)17(3)11-15-7-5-6-8-19-15/h13-16H,5-12H2,1-4H3. The number of likely N-dealkylation sites (N-methyl/N-ethyl adjacent to an activating group) is 1. The van der Waals surface area contributed by atoms with Crippen LogP contribution in [0.4, 0.5) is 0 Å². The highest BCUT2D eigenvalue weighted by molar-refractivity contribution is 4.76. The van der Waals surface area contributed by atoms with E-state index < -0.39 is 0 Å². The number of nitrogens with zero attached hydrogens (tertiary/aromatic N) is 1. The molecular formula is C15H32N2O2. The van der Waals surface area contributed by atoms with Crippen LogP contribution in [0.1, 0.15) is 33.1 Å². The fourth-order valence-electron chi connectivity index (χ4n) is 2.49. The molecular weight excluding hydrogens is 240 g/mol. The van der Waals surface area contributed by atoms with Crippen molar-refractivity contribution < 1.29 is 9.47 Å². The van der Waals surface area contributed by atoms with E-state index in [1.165, 1.54) is 19.3 Å². The van der Waals surface area contributed by atoms with E-state index in [1.807, 2.05) is 0 Å². The summed E-state index contributed by atoms with van der Waals surface area (Å²) < 4.78 is 11.2. The largest absolute Gasteiger partial charge is 0.383 e. The topological polar surface area (TPSA) is 33.7 Å². The molecule has 0 aromatic carbocycles. The molecule has 2 unspecified atom stereocenters. The first kappa shape index (κ1) is 16.9. The molecule has 0 spiro atoms. The number of ether oxygens (including phenoxy) is 2. The van der Waals surface area contributed by atoms with Gasteiger partial charge in [-0.2, -0.15) is 0 Å². The van der Waals surface area contributed by atoms with Crippen LogP contribution in [-0.2, 0) is 9.47 Å². The zero-order valence-corrected chi connectivity index (χ0v) is 13.2. The van der Waals surface area contributed by atoms with Crippen molar-refractivity contribution in [1.82, 2.24) is 10.2 Å². The van der Waals surface area contributed by atoms with E-state index in [4.69, 9.17) is 9.47 Å². The summed E-state index contributed by atoms with van der Waals surface area (Å²) >= 11 is 0. The number of methoxy groups -OCH3 is 1. The second-order valence-corrected chi connectivity index (χ2v) is 6.09. The van der Waals surface area contributed by atoms with Gasteiger partial charge in [-0.05, 0) is 38.8 Å². The van der Waals surface area contributed by atoms with Gasteiger partial charge in [0.05, 0.1) is 12.7 Å². The minimum absolute atomic E-state index is 0.406. The van der Waals surface area contributed by atoms with Gasteiger partial charge in [0.2, 0.25) is 0 Å². The van der Waals surface area contributed by atoms with Crippen LogP contribution in [0.25, 0.3) is 0 Å². The monoisotopic (exact) mass is 272 g/mol. The van der Waals surface area contributed by atoms with E-state index in [-0.39, 0.29) is 0 Å². The molecule has 2 atom stereocenters. The van der Waals surface area contributed by atoms with Crippen LogP contribution in [0.3, 0.4) is 0 Å². The van der Waals surface area contributed by atoms with Crippen LogP contribution in [0.2, 0.25) is 0 Å². The predicted molar refractivity (Wildman–Crippen MR) is 79.6 cm³/mol. The minimum atomic E-state index is 0.406. The summed E-state index contributed by atoms with van der Waals surface area (Å²) in [4.78, 5) is 2.38. The van der Waals surface area contributed by atoms with Crippen LogP contribution in [0, 0.1) is 5.92 Å². The minimum Gasteiger partial charge on any atom is -0.383 e. The van der Waals surface area contributed by atoms with Crippen LogP contribution in [0.5, 0.6) is 0 Å². The number of rotatable bonds is 9. The average Bonchev–Trinajstić information content (AvgIpc) is 2.38. The van der Waals surface area contributed by atoms with Crippen molar-refractivity contribution in [1.29, 1.82) is 0 Å². The van der Waals surface area contributed by atoms with Gasteiger partial charge >= 0.3 is 0 Å². The van der Waals surface area contributed by atoms with Crippen molar-refractivity contribution in [2.45, 2.75) is 45.3 Å². The Morgan fingerprint density at radius 3 is 2.68 bits per heavy atom. The SMILES string of the molecule is COCC(CNCC(C)C)N(C)CC1CCCCO1. The summed E-state index contributed by atoms with van der Waals surface area (Å²) in [5, 5.41) is 3.53. The van der Waals surface area contributed by atoms with Gasteiger partial charge in [-0.15, -0.1) is 0 Å². The lowest BCUT2D eigenvalue weighted by Crippen LogP contribution is -2.47. The Labute approximate surface area is 118 Å². The number of nitrogens with one attached hydrogen (secondary N) is 1. The highest BCUT2D eigenvalue weighted by Gasteiger charge is 2.20. The van der Waals surface area contributed by atoms with E-state index in [0.29, 0.717) is 18.1 Å². The molecule has 1 heterocycles. The lowest BCUT2D eigenvalue weighted by atomic mass is 10.1. The molecule has 0 aromatic rings. The van der Waals surface area contributed by atoms with E-state index in [1.54, 1.807) is 7.11 Å². The van der Waals surface area contributed by atoms with Crippen molar-refractivity contribution in [2.75, 3.05) is 47.0 Å². The fraction of sp³-hybridized carbons (Fsp3) is 1.00. The molecule has 0 aliphatic carbocycles. The molecule has 1 rings (SSSR count). The molecule has 1 saturated heterocycles. The molecule has 4 nitrogen and oxygen atoms in total. The lowest BCUT2D eigenvalue weighted by molar-refractivity contribution is -0.0147. The maximum absolute atomic E-state index is 5.82. The fourth-order valence-corrected chi connectivity index (χ4v) is 2.49. The summed E-state index contributed by atoms with van der Waals surface area (Å²) in [6.07, 6.45) is 4.13. The zero-order chi connectivity index (χ0) is 14.1. The van der Waals surface area contributed by atoms with Gasteiger partial charge in [0.15, 0.2) is 0 Å². The number of hydrogen-bond acceptors (Lipinski definition) is 4. The van der Waals surface area contributed by atoms with E-state index in [2.05, 4.69) is 31.1 Å². The summed E-state index contributed by atoms with van der Waals surface area (Å²) in [6, 6.07) is 0.425. The van der Waals surface area contributed by atoms with Crippen LogP contribution in [-0.4, -0.2) is 64.1 Å². The summed E-state index contributed by atoms with van der Waals surface area (Å²) in [5.74, 6) is 0.690. The molecule has 0 aromatic heterocycles. The molecule has 1 aliphatic rings. The van der Waals surface area contributed by atoms with Gasteiger partial charge in [0.25, 0.3) is 0 Å². The third-order valence-electron chi connectivity index (χ3n) is 3.68. The summed E-state index contributed by atoms with van der Waals surface area (Å²) in [5.41, 5.74) is 0. The van der Waals surface area contributed by atoms with Crippen molar-refractivity contribution in [3.63, 3.8) is 0 Å². The molecule has 1 N–H and O–H groups in total.